The van der Waals surface area contributed by atoms with Crippen LogP contribution < -0.4 is 0 Å². The van der Waals surface area contributed by atoms with Crippen molar-refractivity contribution >= 4 is 5.97 Å². The van der Waals surface area contributed by atoms with Crippen LogP contribution in [0.1, 0.15) is 65.7 Å². The molecule has 2 fully saturated rings. The Hall–Kier alpha value is -0.790. The number of ether oxygens (including phenoxy) is 1. The van der Waals surface area contributed by atoms with E-state index in [1.807, 2.05) is 0 Å². The van der Waals surface area contributed by atoms with Crippen LogP contribution in [0.3, 0.4) is 0 Å². The Morgan fingerprint density at radius 2 is 2.05 bits per heavy atom. The van der Waals surface area contributed by atoms with Gasteiger partial charge in [0.05, 0.1) is 0 Å². The highest BCUT2D eigenvalue weighted by Crippen LogP contribution is 2.54. The summed E-state index contributed by atoms with van der Waals surface area (Å²) in [4.78, 5) is 12.1. The molecule has 19 heavy (non-hydrogen) atoms. The van der Waals surface area contributed by atoms with E-state index in [2.05, 4.69) is 20.4 Å². The van der Waals surface area contributed by atoms with Crippen LogP contribution in [0.25, 0.3) is 0 Å². The van der Waals surface area contributed by atoms with Gasteiger partial charge in [0.15, 0.2) is 0 Å². The van der Waals surface area contributed by atoms with Crippen LogP contribution in [0.5, 0.6) is 0 Å². The molecule has 0 N–H and O–H groups in total. The normalized spacial score (nSPS) is 32.7. The standard InChI is InChI=1S/C17H28O2/c1-5-13(4)15-8-6-7-11-17(15,14-9-10-14)19-16(18)12(2)3/h13-15H,2,5-11H2,1,3-4H3. The van der Waals surface area contributed by atoms with Crippen LogP contribution in [0.15, 0.2) is 12.2 Å². The Bertz CT molecular complexity index is 356. The van der Waals surface area contributed by atoms with Gasteiger partial charge in [-0.1, -0.05) is 33.3 Å². The number of hydrogen-bond donors (Lipinski definition) is 0. The molecule has 0 heterocycles. The van der Waals surface area contributed by atoms with Crippen molar-refractivity contribution in [1.29, 1.82) is 0 Å². The predicted molar refractivity (Wildman–Crippen MR) is 77.8 cm³/mol. The highest BCUT2D eigenvalue weighted by atomic mass is 16.6. The number of hydrogen-bond acceptors (Lipinski definition) is 2. The molecule has 0 saturated heterocycles. The summed E-state index contributed by atoms with van der Waals surface area (Å²) in [6.45, 7) is 10.1. The summed E-state index contributed by atoms with van der Waals surface area (Å²) >= 11 is 0. The van der Waals surface area contributed by atoms with Crippen molar-refractivity contribution in [3.63, 3.8) is 0 Å². The Labute approximate surface area is 117 Å². The third-order valence-corrected chi connectivity index (χ3v) is 5.19. The van der Waals surface area contributed by atoms with Crippen LogP contribution in [0.2, 0.25) is 0 Å². The average Bonchev–Trinajstić information content (AvgIpc) is 3.22. The monoisotopic (exact) mass is 264 g/mol. The first kappa shape index (κ1) is 14.6. The first-order chi connectivity index (χ1) is 9.01. The molecule has 3 atom stereocenters. The zero-order valence-electron chi connectivity index (χ0n) is 12.7. The lowest BCUT2D eigenvalue weighted by Crippen LogP contribution is -2.49. The molecular formula is C17H28O2. The van der Waals surface area contributed by atoms with E-state index in [9.17, 15) is 4.79 Å². The Morgan fingerprint density at radius 3 is 2.58 bits per heavy atom. The van der Waals surface area contributed by atoms with Gasteiger partial charge in [0.2, 0.25) is 0 Å². The summed E-state index contributed by atoms with van der Waals surface area (Å²) in [5.41, 5.74) is 0.359. The second-order valence-electron chi connectivity index (χ2n) is 6.64. The first-order valence-corrected chi connectivity index (χ1v) is 7.90. The Kier molecular flexibility index (Phi) is 4.37. The van der Waals surface area contributed by atoms with Crippen molar-refractivity contribution in [3.05, 3.63) is 12.2 Å². The smallest absolute Gasteiger partial charge is 0.333 e. The molecule has 108 valence electrons. The van der Waals surface area contributed by atoms with Gasteiger partial charge < -0.3 is 4.74 Å². The molecule has 2 nitrogen and oxygen atoms in total. The lowest BCUT2D eigenvalue weighted by atomic mass is 9.66. The molecular weight excluding hydrogens is 236 g/mol. The molecule has 2 aliphatic rings. The minimum Gasteiger partial charge on any atom is -0.455 e. The van der Waals surface area contributed by atoms with Crippen LogP contribution >= 0.6 is 0 Å². The van der Waals surface area contributed by atoms with E-state index >= 15 is 0 Å². The average molecular weight is 264 g/mol. The third-order valence-electron chi connectivity index (χ3n) is 5.19. The summed E-state index contributed by atoms with van der Waals surface area (Å²) in [5.74, 6) is 1.61. The highest BCUT2D eigenvalue weighted by Gasteiger charge is 2.55. The maximum Gasteiger partial charge on any atom is 0.333 e. The lowest BCUT2D eigenvalue weighted by molar-refractivity contribution is -0.174. The summed E-state index contributed by atoms with van der Waals surface area (Å²) in [5, 5.41) is 0. The van der Waals surface area contributed by atoms with E-state index in [0.29, 0.717) is 23.3 Å². The van der Waals surface area contributed by atoms with Gasteiger partial charge in [-0.15, -0.1) is 0 Å². The van der Waals surface area contributed by atoms with E-state index in [-0.39, 0.29) is 11.6 Å². The molecule has 2 aliphatic carbocycles. The van der Waals surface area contributed by atoms with Gasteiger partial charge in [-0.25, -0.2) is 4.79 Å². The fourth-order valence-electron chi connectivity index (χ4n) is 3.79. The molecule has 3 unspecified atom stereocenters. The maximum absolute atomic E-state index is 12.1. The van der Waals surface area contributed by atoms with Crippen molar-refractivity contribution in [2.24, 2.45) is 17.8 Å². The zero-order chi connectivity index (χ0) is 14.0. The SMILES string of the molecule is C=C(C)C(=O)OC1(C2CC2)CCCCC1C(C)CC. The van der Waals surface area contributed by atoms with Gasteiger partial charge in [0.25, 0.3) is 0 Å². The van der Waals surface area contributed by atoms with Gasteiger partial charge in [0, 0.05) is 11.5 Å². The zero-order valence-corrected chi connectivity index (χ0v) is 12.7. The second-order valence-corrected chi connectivity index (χ2v) is 6.64. The number of carbonyl (C=O) groups excluding carboxylic acids is 1. The molecule has 0 aromatic carbocycles. The van der Waals surface area contributed by atoms with Gasteiger partial charge in [-0.3, -0.25) is 0 Å². The topological polar surface area (TPSA) is 26.3 Å². The van der Waals surface area contributed by atoms with Crippen molar-refractivity contribution in [1.82, 2.24) is 0 Å². The van der Waals surface area contributed by atoms with Gasteiger partial charge in [-0.2, -0.15) is 0 Å². The van der Waals surface area contributed by atoms with E-state index in [1.165, 1.54) is 38.5 Å². The van der Waals surface area contributed by atoms with Crippen LogP contribution in [-0.2, 0) is 9.53 Å². The summed E-state index contributed by atoms with van der Waals surface area (Å²) in [7, 11) is 0. The molecule has 0 aliphatic heterocycles. The molecule has 2 saturated carbocycles. The summed E-state index contributed by atoms with van der Waals surface area (Å²) in [6, 6.07) is 0. The van der Waals surface area contributed by atoms with Gasteiger partial charge >= 0.3 is 5.97 Å². The molecule has 0 aromatic heterocycles. The Morgan fingerprint density at radius 1 is 1.37 bits per heavy atom. The fraction of sp³-hybridized carbons (Fsp3) is 0.824. The minimum atomic E-state index is -0.179. The Balaban J connectivity index is 2.23. The third kappa shape index (κ3) is 2.88. The van der Waals surface area contributed by atoms with E-state index in [0.717, 1.165) is 6.42 Å². The highest BCUT2D eigenvalue weighted by molar-refractivity contribution is 5.87. The number of esters is 1. The van der Waals surface area contributed by atoms with Crippen LogP contribution in [-0.4, -0.2) is 11.6 Å². The molecule has 0 bridgehead atoms. The van der Waals surface area contributed by atoms with Crippen molar-refractivity contribution in [2.75, 3.05) is 0 Å². The maximum atomic E-state index is 12.1. The van der Waals surface area contributed by atoms with Gasteiger partial charge in [0.1, 0.15) is 5.60 Å². The van der Waals surface area contributed by atoms with E-state index < -0.39 is 0 Å². The summed E-state index contributed by atoms with van der Waals surface area (Å²) in [6.07, 6.45) is 8.40. The fourth-order valence-corrected chi connectivity index (χ4v) is 3.79. The predicted octanol–water partition coefficient (Wildman–Crippen LogP) is 4.49. The quantitative estimate of drug-likeness (QED) is 0.540. The first-order valence-electron chi connectivity index (χ1n) is 7.90. The van der Waals surface area contributed by atoms with Gasteiger partial charge in [-0.05, 0) is 50.9 Å². The van der Waals surface area contributed by atoms with Crippen molar-refractivity contribution in [2.45, 2.75) is 71.3 Å². The number of rotatable bonds is 5. The molecule has 2 rings (SSSR count). The van der Waals surface area contributed by atoms with Crippen molar-refractivity contribution in [3.8, 4) is 0 Å². The van der Waals surface area contributed by atoms with Crippen LogP contribution in [0, 0.1) is 17.8 Å². The van der Waals surface area contributed by atoms with Crippen molar-refractivity contribution < 1.29 is 9.53 Å². The van der Waals surface area contributed by atoms with E-state index in [1.54, 1.807) is 6.92 Å². The second kappa shape index (κ2) is 5.68. The molecule has 2 heteroatoms. The molecule has 0 spiro atoms. The molecule has 0 radical (unpaired) electrons. The largest absolute Gasteiger partial charge is 0.455 e. The van der Waals surface area contributed by atoms with Crippen LogP contribution in [0.4, 0.5) is 0 Å². The lowest BCUT2D eigenvalue weighted by Gasteiger charge is -2.46. The summed E-state index contributed by atoms with van der Waals surface area (Å²) < 4.78 is 6.06. The molecule has 0 aromatic rings. The molecule has 0 amide bonds. The minimum absolute atomic E-state index is 0.177. The number of carbonyl (C=O) groups is 1. The van der Waals surface area contributed by atoms with E-state index in [4.69, 9.17) is 4.74 Å².